The molecule has 1 heterocycles. The summed E-state index contributed by atoms with van der Waals surface area (Å²) in [6, 6.07) is 2.46. The first-order valence-electron chi connectivity index (χ1n) is 6.31. The van der Waals surface area contributed by atoms with Crippen molar-refractivity contribution in [2.75, 3.05) is 26.2 Å². The van der Waals surface area contributed by atoms with Crippen LogP contribution in [0.5, 0.6) is 0 Å². The molecule has 17 heavy (non-hydrogen) atoms. The summed E-state index contributed by atoms with van der Waals surface area (Å²) in [7, 11) is 0. The van der Waals surface area contributed by atoms with Crippen molar-refractivity contribution in [3.63, 3.8) is 0 Å². The van der Waals surface area contributed by atoms with Crippen LogP contribution in [-0.2, 0) is 9.53 Å². The number of nitriles is 1. The topological polar surface area (TPSA) is 65.4 Å². The minimum absolute atomic E-state index is 0.0792. The zero-order chi connectivity index (χ0) is 12.1. The molecule has 0 radical (unpaired) electrons. The summed E-state index contributed by atoms with van der Waals surface area (Å²) in [5.41, 5.74) is 0. The third kappa shape index (κ3) is 3.69. The molecule has 2 rings (SSSR count). The molecule has 0 spiro atoms. The summed E-state index contributed by atoms with van der Waals surface area (Å²) in [5, 5.41) is 11.8. The fraction of sp³-hybridized carbons (Fsp3) is 0.833. The summed E-state index contributed by atoms with van der Waals surface area (Å²) in [5.74, 6) is 0.0792. The number of nitrogens with one attached hydrogen (secondary N) is 1. The molecule has 5 nitrogen and oxygen atoms in total. The van der Waals surface area contributed by atoms with Gasteiger partial charge in [-0.15, -0.1) is 0 Å². The van der Waals surface area contributed by atoms with Gasteiger partial charge in [0.25, 0.3) is 0 Å². The number of amides is 1. The highest BCUT2D eigenvalue weighted by atomic mass is 16.5. The molecule has 1 N–H and O–H groups in total. The second-order valence-electron chi connectivity index (χ2n) is 4.77. The largest absolute Gasteiger partial charge is 0.361 e. The lowest BCUT2D eigenvalue weighted by Gasteiger charge is -2.29. The number of hydrogen-bond donors (Lipinski definition) is 1. The van der Waals surface area contributed by atoms with Crippen LogP contribution in [-0.4, -0.2) is 49.2 Å². The van der Waals surface area contributed by atoms with Crippen molar-refractivity contribution in [1.82, 2.24) is 10.2 Å². The Balaban J connectivity index is 1.72. The van der Waals surface area contributed by atoms with Crippen LogP contribution in [0.15, 0.2) is 0 Å². The van der Waals surface area contributed by atoms with Crippen LogP contribution in [0, 0.1) is 11.3 Å². The summed E-state index contributed by atoms with van der Waals surface area (Å²) in [4.78, 5) is 13.8. The zero-order valence-corrected chi connectivity index (χ0v) is 10.0. The average Bonchev–Trinajstić information content (AvgIpc) is 2.82. The van der Waals surface area contributed by atoms with E-state index in [1.54, 1.807) is 0 Å². The number of rotatable bonds is 3. The van der Waals surface area contributed by atoms with Gasteiger partial charge >= 0.3 is 0 Å². The highest BCUT2D eigenvalue weighted by Crippen LogP contribution is 2.17. The lowest BCUT2D eigenvalue weighted by Crippen LogP contribution is -2.47. The van der Waals surface area contributed by atoms with Crippen molar-refractivity contribution >= 4 is 5.91 Å². The zero-order valence-electron chi connectivity index (χ0n) is 10.0. The van der Waals surface area contributed by atoms with E-state index in [1.165, 1.54) is 12.8 Å². The van der Waals surface area contributed by atoms with E-state index < -0.39 is 0 Å². The minimum Gasteiger partial charge on any atom is -0.361 e. The molecular formula is C12H19N3O2. The van der Waals surface area contributed by atoms with Gasteiger partial charge in [-0.1, -0.05) is 12.8 Å². The first-order valence-corrected chi connectivity index (χ1v) is 6.31. The number of ether oxygens (including phenoxy) is 1. The van der Waals surface area contributed by atoms with Crippen LogP contribution >= 0.6 is 0 Å². The molecule has 2 aliphatic rings. The van der Waals surface area contributed by atoms with E-state index in [0.29, 0.717) is 25.7 Å². The Morgan fingerprint density at radius 2 is 2.24 bits per heavy atom. The Labute approximate surface area is 102 Å². The molecule has 0 bridgehead atoms. The van der Waals surface area contributed by atoms with Gasteiger partial charge in [0.15, 0.2) is 6.10 Å². The molecule has 0 aromatic carbocycles. The van der Waals surface area contributed by atoms with Crippen LogP contribution in [0.1, 0.15) is 25.7 Å². The van der Waals surface area contributed by atoms with Crippen LogP contribution in [0.25, 0.3) is 0 Å². The molecule has 1 atom stereocenters. The fourth-order valence-corrected chi connectivity index (χ4v) is 2.47. The fourth-order valence-electron chi connectivity index (χ4n) is 2.47. The highest BCUT2D eigenvalue weighted by Gasteiger charge is 2.23. The summed E-state index contributed by atoms with van der Waals surface area (Å²) in [6.45, 7) is 2.19. The lowest BCUT2D eigenvalue weighted by molar-refractivity contribution is -0.124. The van der Waals surface area contributed by atoms with Crippen molar-refractivity contribution in [3.05, 3.63) is 0 Å². The molecule has 0 aromatic heterocycles. The van der Waals surface area contributed by atoms with Gasteiger partial charge in [-0.2, -0.15) is 5.26 Å². The summed E-state index contributed by atoms with van der Waals surface area (Å²) < 4.78 is 5.24. The van der Waals surface area contributed by atoms with E-state index in [4.69, 9.17) is 10.00 Å². The standard InChI is InChI=1S/C12H19N3O2/c13-7-11-8-15(5-6-17-11)9-12(16)14-10-3-1-2-4-10/h10-11H,1-6,8-9H2,(H,14,16). The number of carbonyl (C=O) groups excluding carboxylic acids is 1. The third-order valence-corrected chi connectivity index (χ3v) is 3.38. The molecule has 1 aliphatic heterocycles. The predicted molar refractivity (Wildman–Crippen MR) is 62.2 cm³/mol. The minimum atomic E-state index is -0.386. The molecule has 94 valence electrons. The van der Waals surface area contributed by atoms with Gasteiger partial charge in [-0.3, -0.25) is 9.69 Å². The quantitative estimate of drug-likeness (QED) is 0.765. The third-order valence-electron chi connectivity index (χ3n) is 3.38. The molecule has 1 unspecified atom stereocenters. The normalized spacial score (nSPS) is 26.6. The second-order valence-corrected chi connectivity index (χ2v) is 4.77. The van der Waals surface area contributed by atoms with Crippen molar-refractivity contribution in [1.29, 1.82) is 5.26 Å². The van der Waals surface area contributed by atoms with Crippen molar-refractivity contribution in [2.45, 2.75) is 37.8 Å². The second kappa shape index (κ2) is 5.99. The van der Waals surface area contributed by atoms with Crippen LogP contribution in [0.4, 0.5) is 0 Å². The van der Waals surface area contributed by atoms with E-state index in [1.807, 2.05) is 4.90 Å². The average molecular weight is 237 g/mol. The molecule has 2 fully saturated rings. The monoisotopic (exact) mass is 237 g/mol. The Hall–Kier alpha value is -1.12. The van der Waals surface area contributed by atoms with Gasteiger partial charge in [0.05, 0.1) is 19.2 Å². The molecule has 1 saturated carbocycles. The Morgan fingerprint density at radius 1 is 1.47 bits per heavy atom. The summed E-state index contributed by atoms with van der Waals surface area (Å²) >= 11 is 0. The van der Waals surface area contributed by atoms with E-state index in [9.17, 15) is 4.79 Å². The van der Waals surface area contributed by atoms with E-state index in [2.05, 4.69) is 11.4 Å². The van der Waals surface area contributed by atoms with Gasteiger partial charge in [0.1, 0.15) is 0 Å². The lowest BCUT2D eigenvalue weighted by atomic mass is 10.2. The number of nitrogens with zero attached hydrogens (tertiary/aromatic N) is 2. The van der Waals surface area contributed by atoms with E-state index in [-0.39, 0.29) is 12.0 Å². The van der Waals surface area contributed by atoms with E-state index >= 15 is 0 Å². The smallest absolute Gasteiger partial charge is 0.234 e. The Kier molecular flexibility index (Phi) is 4.35. The molecule has 1 amide bonds. The first-order chi connectivity index (χ1) is 8.28. The van der Waals surface area contributed by atoms with Gasteiger partial charge in [0.2, 0.25) is 5.91 Å². The molecule has 0 aromatic rings. The number of carbonyl (C=O) groups is 1. The SMILES string of the molecule is N#CC1CN(CC(=O)NC2CCCC2)CCO1. The van der Waals surface area contributed by atoms with E-state index in [0.717, 1.165) is 19.4 Å². The first kappa shape index (κ1) is 12.3. The van der Waals surface area contributed by atoms with Crippen LogP contribution in [0.3, 0.4) is 0 Å². The maximum atomic E-state index is 11.8. The number of morpholine rings is 1. The van der Waals surface area contributed by atoms with Gasteiger partial charge < -0.3 is 10.1 Å². The molecule has 5 heteroatoms. The molecule has 1 saturated heterocycles. The van der Waals surface area contributed by atoms with Crippen molar-refractivity contribution < 1.29 is 9.53 Å². The maximum absolute atomic E-state index is 11.8. The van der Waals surface area contributed by atoms with Gasteiger partial charge in [-0.05, 0) is 12.8 Å². The van der Waals surface area contributed by atoms with Crippen molar-refractivity contribution in [3.8, 4) is 6.07 Å². The van der Waals surface area contributed by atoms with Crippen LogP contribution in [0.2, 0.25) is 0 Å². The van der Waals surface area contributed by atoms with Crippen molar-refractivity contribution in [2.24, 2.45) is 0 Å². The Bertz CT molecular complexity index is 307. The number of hydrogen-bond acceptors (Lipinski definition) is 4. The molecule has 1 aliphatic carbocycles. The maximum Gasteiger partial charge on any atom is 0.234 e. The summed E-state index contributed by atoms with van der Waals surface area (Å²) in [6.07, 6.45) is 4.27. The van der Waals surface area contributed by atoms with Gasteiger partial charge in [0, 0.05) is 19.1 Å². The molecular weight excluding hydrogens is 218 g/mol. The van der Waals surface area contributed by atoms with Crippen LogP contribution < -0.4 is 5.32 Å². The predicted octanol–water partition coefficient (Wildman–Crippen LogP) is 0.270. The highest BCUT2D eigenvalue weighted by molar-refractivity contribution is 5.78. The Morgan fingerprint density at radius 3 is 2.94 bits per heavy atom. The van der Waals surface area contributed by atoms with Gasteiger partial charge in [-0.25, -0.2) is 0 Å².